The number of hydrogen-bond acceptors (Lipinski definition) is 3. The second-order valence-electron chi connectivity index (χ2n) is 11.0. The summed E-state index contributed by atoms with van der Waals surface area (Å²) in [6, 6.07) is 1.10. The Morgan fingerprint density at radius 1 is 0.514 bits per heavy atom. The smallest absolute Gasteiger partial charge is 0.371 e. The Hall–Kier alpha value is 0.0969. The minimum Gasteiger partial charge on any atom is -0.393 e. The zero-order valence-corrected chi connectivity index (χ0v) is 25.6. The normalized spacial score (nSPS) is 19.9. The summed E-state index contributed by atoms with van der Waals surface area (Å²) in [7, 11) is -2.32. The summed E-state index contributed by atoms with van der Waals surface area (Å²) in [6.07, 6.45) is 30.4. The van der Waals surface area contributed by atoms with Crippen molar-refractivity contribution in [2.45, 2.75) is 180 Å². The molecule has 1 atom stereocenters. The van der Waals surface area contributed by atoms with Crippen molar-refractivity contribution in [2.24, 2.45) is 0 Å². The minimum atomic E-state index is -2.32. The van der Waals surface area contributed by atoms with Crippen molar-refractivity contribution in [3.05, 3.63) is 0 Å². The monoisotopic (exact) mass is 512 g/mol. The van der Waals surface area contributed by atoms with E-state index in [0.29, 0.717) is 0 Å². The Balaban J connectivity index is 2.09. The van der Waals surface area contributed by atoms with Crippen molar-refractivity contribution in [2.75, 3.05) is 19.8 Å². The lowest BCUT2D eigenvalue weighted by atomic mass is 10.0. The number of unbranched alkanes of at least 4 members (excludes halogenated alkanes) is 17. The summed E-state index contributed by atoms with van der Waals surface area (Å²) in [5.41, 5.74) is 0. The summed E-state index contributed by atoms with van der Waals surface area (Å²) in [5.74, 6) is 0. The molecule has 1 unspecified atom stereocenters. The van der Waals surface area contributed by atoms with Gasteiger partial charge in [-0.25, -0.2) is 0 Å². The Morgan fingerprint density at radius 3 is 1.34 bits per heavy atom. The fourth-order valence-electron chi connectivity index (χ4n) is 6.26. The maximum Gasteiger partial charge on any atom is 0.371 e. The van der Waals surface area contributed by atoms with Gasteiger partial charge in [-0.1, -0.05) is 135 Å². The third-order valence-electron chi connectivity index (χ3n) is 8.14. The van der Waals surface area contributed by atoms with Gasteiger partial charge >= 0.3 is 8.56 Å². The van der Waals surface area contributed by atoms with Gasteiger partial charge in [0.2, 0.25) is 0 Å². The van der Waals surface area contributed by atoms with Gasteiger partial charge in [-0.2, -0.15) is 0 Å². The molecule has 0 N–H and O–H groups in total. The summed E-state index contributed by atoms with van der Waals surface area (Å²) in [5, 5.41) is -0.124. The highest BCUT2D eigenvalue weighted by atomic mass is 28.4. The van der Waals surface area contributed by atoms with Gasteiger partial charge in [0.05, 0.1) is 0 Å². The molecule has 4 heteroatoms. The topological polar surface area (TPSA) is 27.7 Å². The van der Waals surface area contributed by atoms with Crippen molar-refractivity contribution in [3.8, 4) is 0 Å². The zero-order chi connectivity index (χ0) is 25.5. The van der Waals surface area contributed by atoms with E-state index in [-0.39, 0.29) is 5.22 Å². The van der Waals surface area contributed by atoms with Crippen LogP contribution in [0.3, 0.4) is 0 Å². The molecule has 210 valence electrons. The maximum absolute atomic E-state index is 6.54. The standard InChI is InChI=1S/C31H64O3Si/c1-5-9-10-11-12-13-14-15-16-17-18-19-20-21-22-23-24-25-28-31(32-6-2)29-26-27-30-35(31,33-7-3)34-8-4/h5-30H2,1-4H3. The van der Waals surface area contributed by atoms with Gasteiger partial charge in [0, 0.05) is 19.8 Å². The highest BCUT2D eigenvalue weighted by Crippen LogP contribution is 2.44. The molecule has 1 fully saturated rings. The lowest BCUT2D eigenvalue weighted by molar-refractivity contribution is -0.0468. The molecule has 1 heterocycles. The molecular formula is C31H64O3Si. The van der Waals surface area contributed by atoms with E-state index in [1.54, 1.807) is 0 Å². The molecule has 35 heavy (non-hydrogen) atoms. The molecule has 0 bridgehead atoms. The van der Waals surface area contributed by atoms with Crippen molar-refractivity contribution < 1.29 is 13.6 Å². The van der Waals surface area contributed by atoms with Gasteiger partial charge in [0.15, 0.2) is 0 Å². The van der Waals surface area contributed by atoms with Crippen molar-refractivity contribution >= 4 is 8.56 Å². The first-order valence-electron chi connectivity index (χ1n) is 16.1. The first kappa shape index (κ1) is 33.1. The predicted octanol–water partition coefficient (Wildman–Crippen LogP) is 10.4. The first-order valence-corrected chi connectivity index (χ1v) is 18.1. The lowest BCUT2D eigenvalue weighted by Crippen LogP contribution is -2.66. The van der Waals surface area contributed by atoms with Gasteiger partial charge in [-0.3, -0.25) is 0 Å². The predicted molar refractivity (Wildman–Crippen MR) is 155 cm³/mol. The second-order valence-corrected chi connectivity index (χ2v) is 14.5. The lowest BCUT2D eigenvalue weighted by Gasteiger charge is -2.49. The van der Waals surface area contributed by atoms with E-state index in [4.69, 9.17) is 13.6 Å². The van der Waals surface area contributed by atoms with Gasteiger partial charge < -0.3 is 13.6 Å². The Bertz CT molecular complexity index is 443. The van der Waals surface area contributed by atoms with Gasteiger partial charge in [-0.15, -0.1) is 0 Å². The molecule has 3 nitrogen and oxygen atoms in total. The van der Waals surface area contributed by atoms with Crippen LogP contribution in [-0.2, 0) is 13.6 Å². The van der Waals surface area contributed by atoms with Crippen LogP contribution in [0.15, 0.2) is 0 Å². The van der Waals surface area contributed by atoms with E-state index in [1.165, 1.54) is 128 Å². The SMILES string of the molecule is CCCCCCCCCCCCCCCCCCCCC1(OCC)CCCC[Si]1(OCC)OCC. The van der Waals surface area contributed by atoms with E-state index in [1.807, 2.05) is 0 Å². The van der Waals surface area contributed by atoms with Crippen molar-refractivity contribution in [1.29, 1.82) is 0 Å². The quantitative estimate of drug-likeness (QED) is 0.0899. The average Bonchev–Trinajstić information content (AvgIpc) is 2.85. The molecule has 1 saturated heterocycles. The van der Waals surface area contributed by atoms with Crippen LogP contribution in [0, 0.1) is 0 Å². The summed E-state index contributed by atoms with van der Waals surface area (Å²) in [6.45, 7) is 11.0. The van der Waals surface area contributed by atoms with Gasteiger partial charge in [-0.05, 0) is 39.7 Å². The maximum atomic E-state index is 6.54. The molecule has 0 spiro atoms. The van der Waals surface area contributed by atoms with Crippen LogP contribution in [0.25, 0.3) is 0 Å². The largest absolute Gasteiger partial charge is 0.393 e. The highest BCUT2D eigenvalue weighted by Gasteiger charge is 2.59. The van der Waals surface area contributed by atoms with Crippen molar-refractivity contribution in [3.63, 3.8) is 0 Å². The number of ether oxygens (including phenoxy) is 1. The van der Waals surface area contributed by atoms with E-state index < -0.39 is 8.56 Å². The Kier molecular flexibility index (Phi) is 20.9. The zero-order valence-electron chi connectivity index (χ0n) is 24.6. The fraction of sp³-hybridized carbons (Fsp3) is 1.00. The number of rotatable bonds is 25. The van der Waals surface area contributed by atoms with Crippen LogP contribution in [0.2, 0.25) is 6.04 Å². The average molecular weight is 513 g/mol. The van der Waals surface area contributed by atoms with E-state index in [9.17, 15) is 0 Å². The third-order valence-corrected chi connectivity index (χ3v) is 12.7. The Morgan fingerprint density at radius 2 is 0.943 bits per heavy atom. The molecule has 0 saturated carbocycles. The molecule has 0 aromatic carbocycles. The van der Waals surface area contributed by atoms with Crippen LogP contribution >= 0.6 is 0 Å². The minimum absolute atomic E-state index is 0.124. The molecule has 0 radical (unpaired) electrons. The first-order chi connectivity index (χ1) is 17.2. The van der Waals surface area contributed by atoms with Crippen molar-refractivity contribution in [1.82, 2.24) is 0 Å². The van der Waals surface area contributed by atoms with E-state index in [2.05, 4.69) is 27.7 Å². The van der Waals surface area contributed by atoms with Crippen LogP contribution in [0.5, 0.6) is 0 Å². The summed E-state index contributed by atoms with van der Waals surface area (Å²) < 4.78 is 19.5. The van der Waals surface area contributed by atoms with Gasteiger partial charge in [0.1, 0.15) is 5.22 Å². The molecular weight excluding hydrogens is 448 g/mol. The van der Waals surface area contributed by atoms with Crippen LogP contribution < -0.4 is 0 Å². The Labute approximate surface area is 222 Å². The molecule has 1 aliphatic rings. The molecule has 1 rings (SSSR count). The van der Waals surface area contributed by atoms with Crippen LogP contribution in [0.4, 0.5) is 0 Å². The summed E-state index contributed by atoms with van der Waals surface area (Å²) >= 11 is 0. The van der Waals surface area contributed by atoms with Crippen LogP contribution in [-0.4, -0.2) is 33.6 Å². The molecule has 0 amide bonds. The highest BCUT2D eigenvalue weighted by molar-refractivity contribution is 6.70. The third kappa shape index (κ3) is 13.5. The van der Waals surface area contributed by atoms with Gasteiger partial charge in [0.25, 0.3) is 0 Å². The second kappa shape index (κ2) is 22.1. The molecule has 0 aliphatic carbocycles. The molecule has 0 aromatic rings. The van der Waals surface area contributed by atoms with E-state index >= 15 is 0 Å². The van der Waals surface area contributed by atoms with Crippen LogP contribution in [0.1, 0.15) is 169 Å². The van der Waals surface area contributed by atoms with E-state index in [0.717, 1.165) is 38.7 Å². The summed E-state index contributed by atoms with van der Waals surface area (Å²) in [4.78, 5) is 0. The fourth-order valence-corrected chi connectivity index (χ4v) is 10.7. The number of hydrogen-bond donors (Lipinski definition) is 0. The molecule has 1 aliphatic heterocycles. The molecule has 0 aromatic heterocycles.